The molecule has 0 amide bonds. The summed E-state index contributed by atoms with van der Waals surface area (Å²) in [6.45, 7) is 7.91. The molecule has 0 aromatic heterocycles. The van der Waals surface area contributed by atoms with Gasteiger partial charge in [0.1, 0.15) is 0 Å². The van der Waals surface area contributed by atoms with E-state index < -0.39 is 0 Å². The van der Waals surface area contributed by atoms with Gasteiger partial charge in [-0.3, -0.25) is 4.90 Å². The van der Waals surface area contributed by atoms with Crippen molar-refractivity contribution in [3.8, 4) is 12.3 Å². The molecule has 1 unspecified atom stereocenters. The van der Waals surface area contributed by atoms with Gasteiger partial charge >= 0.3 is 0 Å². The van der Waals surface area contributed by atoms with Crippen molar-refractivity contribution < 1.29 is 4.74 Å². The van der Waals surface area contributed by atoms with Crippen LogP contribution in [0.3, 0.4) is 0 Å². The molecular weight excluding hydrogens is 176 g/mol. The van der Waals surface area contributed by atoms with Crippen molar-refractivity contribution in [2.75, 3.05) is 33.4 Å². The summed E-state index contributed by atoms with van der Waals surface area (Å²) in [4.78, 5) is 2.39. The normalized spacial score (nSPS) is 21.6. The predicted molar refractivity (Wildman–Crippen MR) is 58.2 cm³/mol. The Morgan fingerprint density at radius 2 is 2.00 bits per heavy atom. The van der Waals surface area contributed by atoms with E-state index in [1.54, 1.807) is 0 Å². The van der Waals surface area contributed by atoms with Gasteiger partial charge in [0.2, 0.25) is 0 Å². The van der Waals surface area contributed by atoms with E-state index in [-0.39, 0.29) is 11.6 Å². The van der Waals surface area contributed by atoms with Gasteiger partial charge in [-0.15, -0.1) is 6.42 Å². The molecule has 0 aliphatic carbocycles. The molecule has 80 valence electrons. The number of likely N-dealkylation sites (N-methyl/N-ethyl adjacent to an activating group) is 1. The maximum absolute atomic E-state index is 5.51. The second-order valence-electron chi connectivity index (χ2n) is 4.14. The largest absolute Gasteiger partial charge is 0.379 e. The number of hydrogen-bond acceptors (Lipinski definition) is 3. The van der Waals surface area contributed by atoms with Gasteiger partial charge in [-0.2, -0.15) is 0 Å². The fourth-order valence-corrected chi connectivity index (χ4v) is 1.96. The van der Waals surface area contributed by atoms with Crippen LogP contribution < -0.4 is 5.32 Å². The highest BCUT2D eigenvalue weighted by Crippen LogP contribution is 2.19. The van der Waals surface area contributed by atoms with Crippen molar-refractivity contribution in [3.05, 3.63) is 0 Å². The molecule has 0 radical (unpaired) electrons. The van der Waals surface area contributed by atoms with Gasteiger partial charge in [-0.05, 0) is 20.9 Å². The van der Waals surface area contributed by atoms with Crippen molar-refractivity contribution in [1.82, 2.24) is 10.2 Å². The van der Waals surface area contributed by atoms with Crippen molar-refractivity contribution in [3.63, 3.8) is 0 Å². The van der Waals surface area contributed by atoms with E-state index in [9.17, 15) is 0 Å². The van der Waals surface area contributed by atoms with E-state index in [0.717, 1.165) is 26.3 Å². The van der Waals surface area contributed by atoms with E-state index >= 15 is 0 Å². The Morgan fingerprint density at radius 1 is 1.43 bits per heavy atom. The lowest BCUT2D eigenvalue weighted by molar-refractivity contribution is -0.0159. The molecule has 3 heteroatoms. The fraction of sp³-hybridized carbons (Fsp3) is 0.818. The molecule has 0 aromatic rings. The standard InChI is InChI=1S/C11H20N2O/c1-5-10(12-4)11(2,3)13-6-8-14-9-7-13/h1,10,12H,6-9H2,2-4H3. The molecule has 3 nitrogen and oxygen atoms in total. The van der Waals surface area contributed by atoms with E-state index in [1.807, 2.05) is 7.05 Å². The van der Waals surface area contributed by atoms with Gasteiger partial charge in [0.05, 0.1) is 19.3 Å². The van der Waals surface area contributed by atoms with Gasteiger partial charge < -0.3 is 10.1 Å². The molecular formula is C11H20N2O. The highest BCUT2D eigenvalue weighted by Gasteiger charge is 2.34. The number of morpholine rings is 1. The Labute approximate surface area is 86.8 Å². The number of terminal acetylenes is 1. The average Bonchev–Trinajstić information content (AvgIpc) is 2.20. The number of nitrogens with one attached hydrogen (secondary N) is 1. The van der Waals surface area contributed by atoms with E-state index in [2.05, 4.69) is 30.0 Å². The summed E-state index contributed by atoms with van der Waals surface area (Å²) in [6.07, 6.45) is 5.51. The maximum Gasteiger partial charge on any atom is 0.0865 e. The molecule has 1 atom stereocenters. The second-order valence-corrected chi connectivity index (χ2v) is 4.14. The summed E-state index contributed by atoms with van der Waals surface area (Å²) in [5.74, 6) is 2.80. The summed E-state index contributed by atoms with van der Waals surface area (Å²) in [7, 11) is 1.91. The fourth-order valence-electron chi connectivity index (χ4n) is 1.96. The SMILES string of the molecule is C#CC(NC)C(C)(C)N1CCOCC1. The highest BCUT2D eigenvalue weighted by atomic mass is 16.5. The molecule has 14 heavy (non-hydrogen) atoms. The molecule has 0 aromatic carbocycles. The summed E-state index contributed by atoms with van der Waals surface area (Å²) in [6, 6.07) is 0.0839. The zero-order valence-electron chi connectivity index (χ0n) is 9.34. The maximum atomic E-state index is 5.51. The molecule has 1 aliphatic rings. The van der Waals surface area contributed by atoms with E-state index in [4.69, 9.17) is 11.2 Å². The van der Waals surface area contributed by atoms with Crippen molar-refractivity contribution in [1.29, 1.82) is 0 Å². The molecule has 1 aliphatic heterocycles. The van der Waals surface area contributed by atoms with Crippen LogP contribution in [0.25, 0.3) is 0 Å². The lowest BCUT2D eigenvalue weighted by Gasteiger charge is -2.43. The number of hydrogen-bond donors (Lipinski definition) is 1. The molecule has 1 rings (SSSR count). The van der Waals surface area contributed by atoms with Crippen molar-refractivity contribution in [2.24, 2.45) is 0 Å². The third kappa shape index (κ3) is 2.27. The Bertz CT molecular complexity index is 214. The smallest absolute Gasteiger partial charge is 0.0865 e. The summed E-state index contributed by atoms with van der Waals surface area (Å²) < 4.78 is 5.33. The quantitative estimate of drug-likeness (QED) is 0.658. The minimum atomic E-state index is -0.00667. The second kappa shape index (κ2) is 4.79. The average molecular weight is 196 g/mol. The minimum Gasteiger partial charge on any atom is -0.379 e. The summed E-state index contributed by atoms with van der Waals surface area (Å²) in [5.41, 5.74) is -0.00667. The third-order valence-electron chi connectivity index (χ3n) is 2.99. The van der Waals surface area contributed by atoms with Gasteiger partial charge in [0, 0.05) is 18.6 Å². The Kier molecular flexibility index (Phi) is 3.94. The lowest BCUT2D eigenvalue weighted by atomic mass is 9.92. The monoisotopic (exact) mass is 196 g/mol. The van der Waals surface area contributed by atoms with E-state index in [0.29, 0.717) is 0 Å². The molecule has 0 saturated carbocycles. The molecule has 1 N–H and O–H groups in total. The minimum absolute atomic E-state index is 0.00667. The Balaban J connectivity index is 2.66. The van der Waals surface area contributed by atoms with Crippen LogP contribution in [0.1, 0.15) is 13.8 Å². The molecule has 1 saturated heterocycles. The molecule has 0 bridgehead atoms. The Morgan fingerprint density at radius 3 is 2.43 bits per heavy atom. The molecule has 1 heterocycles. The van der Waals surface area contributed by atoms with Crippen LogP contribution in [-0.2, 0) is 4.74 Å². The number of nitrogens with zero attached hydrogens (tertiary/aromatic N) is 1. The highest BCUT2D eigenvalue weighted by molar-refractivity contribution is 5.10. The van der Waals surface area contributed by atoms with Crippen LogP contribution in [0.5, 0.6) is 0 Å². The van der Waals surface area contributed by atoms with Crippen LogP contribution >= 0.6 is 0 Å². The van der Waals surface area contributed by atoms with Crippen LogP contribution in [0, 0.1) is 12.3 Å². The first kappa shape index (κ1) is 11.5. The predicted octanol–water partition coefficient (Wildman–Crippen LogP) is 0.318. The van der Waals surface area contributed by atoms with Crippen LogP contribution in [0.15, 0.2) is 0 Å². The zero-order valence-corrected chi connectivity index (χ0v) is 9.34. The topological polar surface area (TPSA) is 24.5 Å². The molecule has 0 spiro atoms. The first-order valence-corrected chi connectivity index (χ1v) is 5.09. The first-order valence-electron chi connectivity index (χ1n) is 5.09. The zero-order chi connectivity index (χ0) is 10.6. The van der Waals surface area contributed by atoms with Gasteiger partial charge in [0.25, 0.3) is 0 Å². The lowest BCUT2D eigenvalue weighted by Crippen LogP contribution is -2.59. The van der Waals surface area contributed by atoms with Crippen LogP contribution in [0.2, 0.25) is 0 Å². The van der Waals surface area contributed by atoms with Gasteiger partial charge in [0.15, 0.2) is 0 Å². The summed E-state index contributed by atoms with van der Waals surface area (Å²) >= 11 is 0. The first-order chi connectivity index (χ1) is 6.62. The van der Waals surface area contributed by atoms with Crippen molar-refractivity contribution >= 4 is 0 Å². The van der Waals surface area contributed by atoms with Gasteiger partial charge in [-0.25, -0.2) is 0 Å². The van der Waals surface area contributed by atoms with Crippen LogP contribution in [-0.4, -0.2) is 49.8 Å². The van der Waals surface area contributed by atoms with Crippen LogP contribution in [0.4, 0.5) is 0 Å². The molecule has 1 fully saturated rings. The summed E-state index contributed by atoms with van der Waals surface area (Å²) in [5, 5.41) is 3.17. The Hall–Kier alpha value is -0.560. The number of ether oxygens (including phenoxy) is 1. The third-order valence-corrected chi connectivity index (χ3v) is 2.99. The van der Waals surface area contributed by atoms with E-state index in [1.165, 1.54) is 0 Å². The number of rotatable bonds is 3. The van der Waals surface area contributed by atoms with Crippen molar-refractivity contribution in [2.45, 2.75) is 25.4 Å². The van der Waals surface area contributed by atoms with Gasteiger partial charge in [-0.1, -0.05) is 5.92 Å².